The fourth-order valence-corrected chi connectivity index (χ4v) is 2.89. The summed E-state index contributed by atoms with van der Waals surface area (Å²) in [5.41, 5.74) is 3.04. The number of aryl methyl sites for hydroxylation is 2. The third-order valence-corrected chi connectivity index (χ3v) is 3.76. The van der Waals surface area contributed by atoms with E-state index in [0.29, 0.717) is 0 Å². The number of aromatic nitrogens is 3. The zero-order valence-corrected chi connectivity index (χ0v) is 14.1. The number of imidazole rings is 1. The van der Waals surface area contributed by atoms with E-state index in [2.05, 4.69) is 50.5 Å². The molecule has 0 radical (unpaired) electrons. The monoisotopic (exact) mass is 277 g/mol. The predicted octanol–water partition coefficient (Wildman–Crippen LogP) is 2.94. The standard InChI is InChI=1S/C14H23N3OSi/c1-9-12-10(8-11(15-9)18-19(6)7)17(5)13(16-12)14(2,3)4/h8,19H,1-7H3. The van der Waals surface area contributed by atoms with Gasteiger partial charge in [-0.25, -0.2) is 9.97 Å². The molecule has 19 heavy (non-hydrogen) atoms. The lowest BCUT2D eigenvalue weighted by Gasteiger charge is -2.17. The predicted molar refractivity (Wildman–Crippen MR) is 81.5 cm³/mol. The molecule has 5 heteroatoms. The summed E-state index contributed by atoms with van der Waals surface area (Å²) in [5, 5.41) is 0. The number of pyridine rings is 1. The number of rotatable bonds is 2. The summed E-state index contributed by atoms with van der Waals surface area (Å²) >= 11 is 0. The Hall–Kier alpha value is -1.36. The summed E-state index contributed by atoms with van der Waals surface area (Å²) in [4.78, 5) is 9.27. The maximum Gasteiger partial charge on any atom is 0.231 e. The Balaban J connectivity index is 2.64. The van der Waals surface area contributed by atoms with Crippen molar-refractivity contribution < 1.29 is 4.43 Å². The molecule has 0 spiro atoms. The van der Waals surface area contributed by atoms with Gasteiger partial charge in [-0.3, -0.25) is 0 Å². The topological polar surface area (TPSA) is 39.9 Å². The summed E-state index contributed by atoms with van der Waals surface area (Å²) in [6.07, 6.45) is 0. The number of nitrogens with zero attached hydrogens (tertiary/aromatic N) is 3. The van der Waals surface area contributed by atoms with Crippen molar-refractivity contribution in [3.05, 3.63) is 17.6 Å². The van der Waals surface area contributed by atoms with Crippen LogP contribution in [0.15, 0.2) is 6.07 Å². The van der Waals surface area contributed by atoms with Gasteiger partial charge in [0, 0.05) is 18.5 Å². The molecular formula is C14H23N3OSi. The van der Waals surface area contributed by atoms with E-state index < -0.39 is 9.04 Å². The highest BCUT2D eigenvalue weighted by Crippen LogP contribution is 2.28. The first-order valence-corrected chi connectivity index (χ1v) is 9.49. The van der Waals surface area contributed by atoms with Crippen LogP contribution in [0.4, 0.5) is 0 Å². The van der Waals surface area contributed by atoms with Crippen molar-refractivity contribution in [2.75, 3.05) is 0 Å². The van der Waals surface area contributed by atoms with E-state index in [-0.39, 0.29) is 5.41 Å². The van der Waals surface area contributed by atoms with Crippen LogP contribution in [0.5, 0.6) is 5.88 Å². The first-order valence-electron chi connectivity index (χ1n) is 6.71. The fraction of sp³-hybridized carbons (Fsp3) is 0.571. The molecule has 0 atom stereocenters. The summed E-state index contributed by atoms with van der Waals surface area (Å²) < 4.78 is 7.99. The maximum atomic E-state index is 5.84. The van der Waals surface area contributed by atoms with Crippen molar-refractivity contribution in [2.45, 2.75) is 46.2 Å². The Bertz CT molecular complexity index is 611. The second-order valence-electron chi connectivity index (χ2n) is 6.32. The highest BCUT2D eigenvalue weighted by Gasteiger charge is 2.22. The van der Waals surface area contributed by atoms with E-state index in [0.717, 1.165) is 28.4 Å². The van der Waals surface area contributed by atoms with E-state index in [1.807, 2.05) is 13.0 Å². The van der Waals surface area contributed by atoms with Gasteiger partial charge in [-0.15, -0.1) is 0 Å². The third kappa shape index (κ3) is 2.66. The van der Waals surface area contributed by atoms with Gasteiger partial charge in [0.25, 0.3) is 0 Å². The molecule has 0 aromatic carbocycles. The average Bonchev–Trinajstić information content (AvgIpc) is 2.55. The minimum Gasteiger partial charge on any atom is -0.534 e. The van der Waals surface area contributed by atoms with Crippen LogP contribution in [-0.4, -0.2) is 23.6 Å². The van der Waals surface area contributed by atoms with Crippen LogP contribution in [0, 0.1) is 6.92 Å². The van der Waals surface area contributed by atoms with Gasteiger partial charge >= 0.3 is 0 Å². The van der Waals surface area contributed by atoms with E-state index in [9.17, 15) is 0 Å². The summed E-state index contributed by atoms with van der Waals surface area (Å²) in [7, 11) is 0.929. The molecular weight excluding hydrogens is 254 g/mol. The molecule has 2 heterocycles. The largest absolute Gasteiger partial charge is 0.534 e. The molecule has 104 valence electrons. The zero-order valence-electron chi connectivity index (χ0n) is 12.9. The molecule has 2 aromatic rings. The minimum absolute atomic E-state index is 0.0219. The molecule has 2 aromatic heterocycles. The molecule has 0 aliphatic heterocycles. The third-order valence-electron chi connectivity index (χ3n) is 3.05. The molecule has 2 rings (SSSR count). The van der Waals surface area contributed by atoms with Crippen LogP contribution in [0.3, 0.4) is 0 Å². The van der Waals surface area contributed by atoms with Gasteiger partial charge in [-0.05, 0) is 20.0 Å². The molecule has 0 saturated carbocycles. The van der Waals surface area contributed by atoms with E-state index in [1.54, 1.807) is 0 Å². The van der Waals surface area contributed by atoms with Gasteiger partial charge in [0.05, 0.1) is 11.2 Å². The van der Waals surface area contributed by atoms with Crippen LogP contribution in [0.25, 0.3) is 11.0 Å². The zero-order chi connectivity index (χ0) is 14.4. The van der Waals surface area contributed by atoms with Gasteiger partial charge < -0.3 is 8.99 Å². The van der Waals surface area contributed by atoms with Crippen molar-refractivity contribution in [1.82, 2.24) is 14.5 Å². The van der Waals surface area contributed by atoms with E-state index >= 15 is 0 Å². The lowest BCUT2D eigenvalue weighted by Crippen LogP contribution is -2.17. The van der Waals surface area contributed by atoms with Gasteiger partial charge in [0.1, 0.15) is 11.3 Å². The van der Waals surface area contributed by atoms with Crippen LogP contribution in [0.1, 0.15) is 32.3 Å². The van der Waals surface area contributed by atoms with Gasteiger partial charge in [-0.1, -0.05) is 20.8 Å². The van der Waals surface area contributed by atoms with Gasteiger partial charge in [0.15, 0.2) is 0 Å². The van der Waals surface area contributed by atoms with Crippen molar-refractivity contribution in [2.24, 2.45) is 7.05 Å². The highest BCUT2D eigenvalue weighted by molar-refractivity contribution is 6.49. The molecule has 0 saturated heterocycles. The molecule has 0 N–H and O–H groups in total. The van der Waals surface area contributed by atoms with Gasteiger partial charge in [0.2, 0.25) is 14.9 Å². The van der Waals surface area contributed by atoms with Crippen molar-refractivity contribution in [1.29, 1.82) is 0 Å². The van der Waals surface area contributed by atoms with Crippen LogP contribution in [-0.2, 0) is 12.5 Å². The van der Waals surface area contributed by atoms with E-state index in [4.69, 9.17) is 9.41 Å². The molecule has 0 aliphatic rings. The number of hydrogen-bond acceptors (Lipinski definition) is 3. The van der Waals surface area contributed by atoms with E-state index in [1.165, 1.54) is 0 Å². The second kappa shape index (κ2) is 4.63. The Labute approximate surface area is 116 Å². The Morgan fingerprint density at radius 2 is 1.84 bits per heavy atom. The van der Waals surface area contributed by atoms with Crippen LogP contribution in [0.2, 0.25) is 13.1 Å². The lowest BCUT2D eigenvalue weighted by molar-refractivity contribution is 0.526. The molecule has 0 amide bonds. The normalized spacial score (nSPS) is 12.4. The summed E-state index contributed by atoms with van der Waals surface area (Å²) in [5.74, 6) is 1.81. The Kier molecular flexibility index (Phi) is 3.43. The average molecular weight is 277 g/mol. The second-order valence-corrected chi connectivity index (χ2v) is 8.66. The summed E-state index contributed by atoms with van der Waals surface area (Å²) in [6.45, 7) is 12.8. The first kappa shape index (κ1) is 14.1. The molecule has 0 unspecified atom stereocenters. The molecule has 0 bridgehead atoms. The number of fused-ring (bicyclic) bond motifs is 1. The van der Waals surface area contributed by atoms with Crippen molar-refractivity contribution in [3.63, 3.8) is 0 Å². The molecule has 4 nitrogen and oxygen atoms in total. The fourth-order valence-electron chi connectivity index (χ4n) is 2.28. The smallest absolute Gasteiger partial charge is 0.231 e. The Morgan fingerprint density at radius 3 is 2.37 bits per heavy atom. The SMILES string of the molecule is Cc1nc(O[SiH](C)C)cc2c1nc(C(C)(C)C)n2C. The molecule has 0 aliphatic carbocycles. The van der Waals surface area contributed by atoms with Crippen molar-refractivity contribution >= 4 is 20.1 Å². The Morgan fingerprint density at radius 1 is 1.21 bits per heavy atom. The lowest BCUT2D eigenvalue weighted by atomic mass is 9.96. The summed E-state index contributed by atoms with van der Waals surface area (Å²) in [6, 6.07) is 2.01. The van der Waals surface area contributed by atoms with Crippen LogP contribution < -0.4 is 4.43 Å². The van der Waals surface area contributed by atoms with Crippen molar-refractivity contribution in [3.8, 4) is 5.88 Å². The number of hydrogen-bond donors (Lipinski definition) is 0. The maximum absolute atomic E-state index is 5.84. The molecule has 0 fully saturated rings. The first-order chi connectivity index (χ1) is 8.70. The van der Waals surface area contributed by atoms with Crippen LogP contribution >= 0.6 is 0 Å². The highest BCUT2D eigenvalue weighted by atomic mass is 28.3. The van der Waals surface area contributed by atoms with Gasteiger partial charge in [-0.2, -0.15) is 0 Å². The quantitative estimate of drug-likeness (QED) is 0.792. The minimum atomic E-state index is -1.13.